The number of fused-ring (bicyclic) bond motifs is 1. The minimum Gasteiger partial charge on any atom is -0.480 e. The lowest BCUT2D eigenvalue weighted by atomic mass is 10.2. The highest BCUT2D eigenvalue weighted by Crippen LogP contribution is 2.20. The number of aliphatic hydroxyl groups is 1. The fourth-order valence-electron chi connectivity index (χ4n) is 2.50. The van der Waals surface area contributed by atoms with Crippen molar-refractivity contribution in [3.63, 3.8) is 0 Å². The highest BCUT2D eigenvalue weighted by molar-refractivity contribution is 5.97. The summed E-state index contributed by atoms with van der Waals surface area (Å²) in [6.45, 7) is 2.24. The van der Waals surface area contributed by atoms with Gasteiger partial charge in [-0.1, -0.05) is 25.1 Å². The first kappa shape index (κ1) is 16.2. The Kier molecular flexibility index (Phi) is 5.30. The van der Waals surface area contributed by atoms with Crippen LogP contribution in [0.25, 0.3) is 10.9 Å². The van der Waals surface area contributed by atoms with E-state index in [4.69, 9.17) is 5.11 Å². The van der Waals surface area contributed by atoms with Crippen LogP contribution in [-0.4, -0.2) is 45.7 Å². The number of carboxylic acids is 1. The summed E-state index contributed by atoms with van der Waals surface area (Å²) in [6.07, 6.45) is 2.20. The van der Waals surface area contributed by atoms with Gasteiger partial charge in [-0.15, -0.1) is 0 Å². The number of aliphatic hydroxyl groups excluding tert-OH is 1. The standard InChI is InChI=1S/C16H20N2O4/c1-2-14(16(21)22)17-7-12(20)9-18-8-11(10-19)13-5-3-4-6-15(13)18/h3-6,8,10,12,14,17,20H,2,7,9H2,1H3,(H,21,22)/t12-,14+/m0/s1. The van der Waals surface area contributed by atoms with Crippen molar-refractivity contribution in [2.75, 3.05) is 6.54 Å². The molecule has 3 N–H and O–H groups in total. The number of nitrogens with one attached hydrogen (secondary N) is 1. The van der Waals surface area contributed by atoms with Gasteiger partial charge in [-0.25, -0.2) is 0 Å². The summed E-state index contributed by atoms with van der Waals surface area (Å²) in [4.78, 5) is 22.0. The Morgan fingerprint density at radius 1 is 1.41 bits per heavy atom. The minimum atomic E-state index is -0.927. The van der Waals surface area contributed by atoms with Crippen LogP contribution in [0.3, 0.4) is 0 Å². The number of aldehydes is 1. The maximum Gasteiger partial charge on any atom is 0.320 e. The minimum absolute atomic E-state index is 0.174. The van der Waals surface area contributed by atoms with Gasteiger partial charge in [0.05, 0.1) is 6.10 Å². The molecular formula is C16H20N2O4. The number of carbonyl (C=O) groups is 2. The van der Waals surface area contributed by atoms with Crippen LogP contribution in [0, 0.1) is 0 Å². The Balaban J connectivity index is 2.07. The van der Waals surface area contributed by atoms with Gasteiger partial charge in [-0.3, -0.25) is 9.59 Å². The average Bonchev–Trinajstić information content (AvgIpc) is 2.86. The lowest BCUT2D eigenvalue weighted by molar-refractivity contribution is -0.139. The molecule has 2 rings (SSSR count). The van der Waals surface area contributed by atoms with Crippen LogP contribution < -0.4 is 5.32 Å². The molecule has 0 radical (unpaired) electrons. The second kappa shape index (κ2) is 7.20. The predicted molar refractivity (Wildman–Crippen MR) is 83.0 cm³/mol. The third-order valence-corrected chi connectivity index (χ3v) is 3.66. The number of nitrogens with zero attached hydrogens (tertiary/aromatic N) is 1. The number of rotatable bonds is 8. The van der Waals surface area contributed by atoms with Gasteiger partial charge in [0.2, 0.25) is 0 Å². The number of para-hydroxylation sites is 1. The van der Waals surface area contributed by atoms with E-state index >= 15 is 0 Å². The summed E-state index contributed by atoms with van der Waals surface area (Å²) in [7, 11) is 0. The molecule has 22 heavy (non-hydrogen) atoms. The molecule has 6 nitrogen and oxygen atoms in total. The van der Waals surface area contributed by atoms with Crippen LogP contribution in [0.5, 0.6) is 0 Å². The zero-order valence-corrected chi connectivity index (χ0v) is 12.4. The van der Waals surface area contributed by atoms with E-state index < -0.39 is 18.1 Å². The molecule has 2 aromatic rings. The molecular weight excluding hydrogens is 284 g/mol. The molecule has 0 unspecified atom stereocenters. The molecule has 0 aliphatic rings. The number of aliphatic carboxylic acids is 1. The van der Waals surface area contributed by atoms with E-state index in [0.717, 1.165) is 17.2 Å². The lowest BCUT2D eigenvalue weighted by Gasteiger charge is -2.17. The number of benzene rings is 1. The Morgan fingerprint density at radius 2 is 2.14 bits per heavy atom. The van der Waals surface area contributed by atoms with Gasteiger partial charge < -0.3 is 20.1 Å². The fourth-order valence-corrected chi connectivity index (χ4v) is 2.50. The molecule has 0 spiro atoms. The van der Waals surface area contributed by atoms with Crippen molar-refractivity contribution < 1.29 is 19.8 Å². The average molecular weight is 304 g/mol. The van der Waals surface area contributed by atoms with Gasteiger partial charge >= 0.3 is 5.97 Å². The maximum absolute atomic E-state index is 11.1. The molecule has 1 aromatic carbocycles. The largest absolute Gasteiger partial charge is 0.480 e. The maximum atomic E-state index is 11.1. The number of aromatic nitrogens is 1. The molecule has 1 aromatic heterocycles. The molecule has 0 aliphatic heterocycles. The number of hydrogen-bond donors (Lipinski definition) is 3. The van der Waals surface area contributed by atoms with E-state index in [-0.39, 0.29) is 13.1 Å². The molecule has 0 aliphatic carbocycles. The molecule has 6 heteroatoms. The molecule has 0 saturated carbocycles. The van der Waals surface area contributed by atoms with E-state index in [0.29, 0.717) is 12.0 Å². The van der Waals surface area contributed by atoms with Crippen LogP contribution in [0.15, 0.2) is 30.5 Å². The van der Waals surface area contributed by atoms with Crippen molar-refractivity contribution in [2.45, 2.75) is 32.0 Å². The third-order valence-electron chi connectivity index (χ3n) is 3.66. The van der Waals surface area contributed by atoms with Crippen molar-refractivity contribution in [3.8, 4) is 0 Å². The van der Waals surface area contributed by atoms with Gasteiger partial charge in [0.15, 0.2) is 6.29 Å². The van der Waals surface area contributed by atoms with Crippen molar-refractivity contribution >= 4 is 23.2 Å². The SMILES string of the molecule is CC[C@@H](NC[C@H](O)Cn1cc(C=O)c2ccccc21)C(=O)O. The second-order valence-corrected chi connectivity index (χ2v) is 5.23. The summed E-state index contributed by atoms with van der Waals surface area (Å²) in [5.74, 6) is -0.927. The number of carboxylic acid groups (broad SMARTS) is 1. The zero-order valence-electron chi connectivity index (χ0n) is 12.4. The zero-order chi connectivity index (χ0) is 16.1. The topological polar surface area (TPSA) is 91.6 Å². The summed E-state index contributed by atoms with van der Waals surface area (Å²) >= 11 is 0. The third kappa shape index (κ3) is 3.52. The Bertz CT molecular complexity index is 665. The summed E-state index contributed by atoms with van der Waals surface area (Å²) in [5.41, 5.74) is 1.45. The van der Waals surface area contributed by atoms with E-state index in [1.54, 1.807) is 13.1 Å². The predicted octanol–water partition coefficient (Wildman–Crippen LogP) is 1.27. The quantitative estimate of drug-likeness (QED) is 0.639. The fraction of sp³-hybridized carbons (Fsp3) is 0.375. The summed E-state index contributed by atoms with van der Waals surface area (Å²) in [6, 6.07) is 6.81. The lowest BCUT2D eigenvalue weighted by Crippen LogP contribution is -2.41. The monoisotopic (exact) mass is 304 g/mol. The van der Waals surface area contributed by atoms with Crippen LogP contribution in [0.1, 0.15) is 23.7 Å². The highest BCUT2D eigenvalue weighted by Gasteiger charge is 2.17. The van der Waals surface area contributed by atoms with E-state index in [1.165, 1.54) is 0 Å². The number of carbonyl (C=O) groups excluding carboxylic acids is 1. The molecule has 118 valence electrons. The van der Waals surface area contributed by atoms with Crippen molar-refractivity contribution in [3.05, 3.63) is 36.0 Å². The number of hydrogen-bond acceptors (Lipinski definition) is 4. The molecule has 0 saturated heterocycles. The van der Waals surface area contributed by atoms with Gasteiger partial charge in [0.1, 0.15) is 6.04 Å². The van der Waals surface area contributed by atoms with Gasteiger partial charge in [0.25, 0.3) is 0 Å². The van der Waals surface area contributed by atoms with Gasteiger partial charge in [-0.05, 0) is 12.5 Å². The Labute approximate surface area is 128 Å². The van der Waals surface area contributed by atoms with Crippen LogP contribution in [0.2, 0.25) is 0 Å². The van der Waals surface area contributed by atoms with Crippen LogP contribution in [0.4, 0.5) is 0 Å². The van der Waals surface area contributed by atoms with Crippen LogP contribution >= 0.6 is 0 Å². The van der Waals surface area contributed by atoms with E-state index in [9.17, 15) is 14.7 Å². The molecule has 0 amide bonds. The first-order chi connectivity index (χ1) is 10.6. The summed E-state index contributed by atoms with van der Waals surface area (Å²) < 4.78 is 1.81. The molecule has 1 heterocycles. The summed E-state index contributed by atoms with van der Waals surface area (Å²) in [5, 5.41) is 22.7. The Hall–Kier alpha value is -2.18. The van der Waals surface area contributed by atoms with Gasteiger partial charge in [0, 0.05) is 35.8 Å². The first-order valence-corrected chi connectivity index (χ1v) is 7.24. The smallest absolute Gasteiger partial charge is 0.320 e. The van der Waals surface area contributed by atoms with Crippen LogP contribution in [-0.2, 0) is 11.3 Å². The van der Waals surface area contributed by atoms with E-state index in [1.807, 2.05) is 28.8 Å². The second-order valence-electron chi connectivity index (χ2n) is 5.23. The molecule has 0 bridgehead atoms. The van der Waals surface area contributed by atoms with Crippen molar-refractivity contribution in [2.24, 2.45) is 0 Å². The van der Waals surface area contributed by atoms with E-state index in [2.05, 4.69) is 5.32 Å². The molecule has 2 atom stereocenters. The Morgan fingerprint density at radius 3 is 2.77 bits per heavy atom. The highest BCUT2D eigenvalue weighted by atomic mass is 16.4. The normalized spacial score (nSPS) is 13.9. The molecule has 0 fully saturated rings. The van der Waals surface area contributed by atoms with Crippen molar-refractivity contribution in [1.29, 1.82) is 0 Å². The first-order valence-electron chi connectivity index (χ1n) is 7.24. The van der Waals surface area contributed by atoms with Crippen molar-refractivity contribution in [1.82, 2.24) is 9.88 Å². The van der Waals surface area contributed by atoms with Gasteiger partial charge in [-0.2, -0.15) is 0 Å².